The van der Waals surface area contributed by atoms with Crippen LogP contribution in [0.15, 0.2) is 73.4 Å². The maximum Gasteiger partial charge on any atom is 0.143 e. The Bertz CT molecular complexity index is 436. The molecule has 0 radical (unpaired) electrons. The van der Waals surface area contributed by atoms with Crippen LogP contribution in [0, 0.1) is 0 Å². The van der Waals surface area contributed by atoms with Gasteiger partial charge < -0.3 is 0 Å². The number of rotatable bonds is 5. The number of hydrogen-bond acceptors (Lipinski definition) is 1. The predicted molar refractivity (Wildman–Crippen MR) is 69.0 cm³/mol. The molecule has 0 heterocycles. The Labute approximate surface area is 96.1 Å². The lowest BCUT2D eigenvalue weighted by atomic mass is 9.97. The van der Waals surface area contributed by atoms with Gasteiger partial charge in [-0.3, -0.25) is 4.79 Å². The third kappa shape index (κ3) is 2.92. The largest absolute Gasteiger partial charge is 0.299 e. The van der Waals surface area contributed by atoms with Crippen molar-refractivity contribution in [2.24, 2.45) is 0 Å². The normalized spacial score (nSPS) is 12.0. The molecule has 16 heavy (non-hydrogen) atoms. The van der Waals surface area contributed by atoms with Crippen LogP contribution < -0.4 is 0 Å². The fourth-order valence-corrected chi connectivity index (χ4v) is 1.44. The molecule has 0 N–H and O–H groups in total. The van der Waals surface area contributed by atoms with Gasteiger partial charge in [0.1, 0.15) is 6.29 Å². The molecule has 0 saturated heterocycles. The molecule has 0 aliphatic heterocycles. The van der Waals surface area contributed by atoms with Crippen molar-refractivity contribution in [3.63, 3.8) is 0 Å². The molecule has 0 saturated carbocycles. The van der Waals surface area contributed by atoms with Gasteiger partial charge in [-0.25, -0.2) is 0 Å². The maximum atomic E-state index is 10.6. The van der Waals surface area contributed by atoms with E-state index in [0.29, 0.717) is 0 Å². The van der Waals surface area contributed by atoms with Crippen LogP contribution in [-0.4, -0.2) is 6.29 Å². The first-order valence-electron chi connectivity index (χ1n) is 5.00. The zero-order chi connectivity index (χ0) is 11.8. The molecule has 0 fully saturated rings. The lowest BCUT2D eigenvalue weighted by Gasteiger charge is -2.07. The Morgan fingerprint density at radius 2 is 1.75 bits per heavy atom. The molecular weight excluding hydrogens is 196 g/mol. The molecule has 80 valence electrons. The summed E-state index contributed by atoms with van der Waals surface area (Å²) in [4.78, 5) is 10.6. The molecule has 1 aromatic carbocycles. The summed E-state index contributed by atoms with van der Waals surface area (Å²) in [6, 6.07) is 9.71. The molecule has 0 amide bonds. The van der Waals surface area contributed by atoms with Crippen LogP contribution in [0.4, 0.5) is 0 Å². The van der Waals surface area contributed by atoms with Crippen LogP contribution in [-0.2, 0) is 4.79 Å². The van der Waals surface area contributed by atoms with Gasteiger partial charge in [0.15, 0.2) is 0 Å². The number of hydrogen-bond donors (Lipinski definition) is 0. The van der Waals surface area contributed by atoms with Gasteiger partial charge in [0.05, 0.1) is 0 Å². The van der Waals surface area contributed by atoms with E-state index in [0.717, 1.165) is 23.0 Å². The number of allylic oxidation sites excluding steroid dienone is 6. The van der Waals surface area contributed by atoms with Crippen molar-refractivity contribution in [3.8, 4) is 0 Å². The fraction of sp³-hybridized carbons (Fsp3) is 0. The van der Waals surface area contributed by atoms with Gasteiger partial charge in [-0.05, 0) is 22.8 Å². The van der Waals surface area contributed by atoms with Crippen LogP contribution in [0.1, 0.15) is 5.56 Å². The second kappa shape index (κ2) is 6.36. The topological polar surface area (TPSA) is 17.1 Å². The minimum Gasteiger partial charge on any atom is -0.299 e. The van der Waals surface area contributed by atoms with Gasteiger partial charge in [-0.2, -0.15) is 0 Å². The average molecular weight is 210 g/mol. The summed E-state index contributed by atoms with van der Waals surface area (Å²) in [6.45, 7) is 7.38. The Kier molecular flexibility index (Phi) is 4.74. The van der Waals surface area contributed by atoms with Gasteiger partial charge in [0.25, 0.3) is 0 Å². The van der Waals surface area contributed by atoms with E-state index in [9.17, 15) is 4.79 Å². The highest BCUT2D eigenvalue weighted by molar-refractivity contribution is 5.90. The molecule has 0 spiro atoms. The van der Waals surface area contributed by atoms with Crippen molar-refractivity contribution in [3.05, 3.63) is 78.9 Å². The molecule has 1 heteroatoms. The Balaban J connectivity index is 3.25. The highest BCUT2D eigenvalue weighted by Gasteiger charge is 2.03. The SMILES string of the molecule is C=C/C=C(C=C)/C(=C/C=O)c1ccccc1. The molecule has 0 aliphatic carbocycles. The van der Waals surface area contributed by atoms with E-state index < -0.39 is 0 Å². The van der Waals surface area contributed by atoms with Crippen molar-refractivity contribution >= 4 is 11.9 Å². The Hall–Kier alpha value is -2.15. The first kappa shape index (κ1) is 11.9. The number of aldehydes is 1. The van der Waals surface area contributed by atoms with Gasteiger partial charge in [-0.15, -0.1) is 0 Å². The number of carbonyl (C=O) groups excluding carboxylic acids is 1. The molecule has 0 aromatic heterocycles. The molecule has 0 bridgehead atoms. The lowest BCUT2D eigenvalue weighted by molar-refractivity contribution is -0.104. The van der Waals surface area contributed by atoms with Crippen molar-refractivity contribution < 1.29 is 4.79 Å². The lowest BCUT2D eigenvalue weighted by Crippen LogP contribution is -1.88. The van der Waals surface area contributed by atoms with Crippen LogP contribution in [0.5, 0.6) is 0 Å². The Morgan fingerprint density at radius 1 is 1.06 bits per heavy atom. The molecule has 0 unspecified atom stereocenters. The van der Waals surface area contributed by atoms with Crippen molar-refractivity contribution in [1.82, 2.24) is 0 Å². The maximum absolute atomic E-state index is 10.6. The van der Waals surface area contributed by atoms with Crippen molar-refractivity contribution in [1.29, 1.82) is 0 Å². The number of carbonyl (C=O) groups is 1. The molecular formula is C15H14O. The summed E-state index contributed by atoms with van der Waals surface area (Å²) in [5, 5.41) is 0. The summed E-state index contributed by atoms with van der Waals surface area (Å²) in [7, 11) is 0. The first-order chi connectivity index (χ1) is 7.83. The zero-order valence-corrected chi connectivity index (χ0v) is 9.10. The smallest absolute Gasteiger partial charge is 0.143 e. The highest BCUT2D eigenvalue weighted by Crippen LogP contribution is 2.23. The quantitative estimate of drug-likeness (QED) is 0.412. The molecule has 1 nitrogen and oxygen atoms in total. The second-order valence-electron chi connectivity index (χ2n) is 3.14. The summed E-state index contributed by atoms with van der Waals surface area (Å²) >= 11 is 0. The van der Waals surface area contributed by atoms with Crippen LogP contribution in [0.25, 0.3) is 5.57 Å². The van der Waals surface area contributed by atoms with Gasteiger partial charge >= 0.3 is 0 Å². The third-order valence-electron chi connectivity index (χ3n) is 2.15. The van der Waals surface area contributed by atoms with E-state index in [1.807, 2.05) is 36.4 Å². The van der Waals surface area contributed by atoms with Crippen LogP contribution in [0.3, 0.4) is 0 Å². The minimum atomic E-state index is 0.781. The first-order valence-corrected chi connectivity index (χ1v) is 5.00. The molecule has 0 aliphatic rings. The summed E-state index contributed by atoms with van der Waals surface area (Å²) in [6.07, 6.45) is 7.53. The van der Waals surface area contributed by atoms with E-state index in [1.165, 1.54) is 6.08 Å². The van der Waals surface area contributed by atoms with Crippen LogP contribution in [0.2, 0.25) is 0 Å². The Morgan fingerprint density at radius 3 is 2.25 bits per heavy atom. The van der Waals surface area contributed by atoms with E-state index in [-0.39, 0.29) is 0 Å². The molecule has 1 rings (SSSR count). The second-order valence-corrected chi connectivity index (χ2v) is 3.14. The number of benzene rings is 1. The fourth-order valence-electron chi connectivity index (χ4n) is 1.44. The highest BCUT2D eigenvalue weighted by atomic mass is 16.1. The van der Waals surface area contributed by atoms with E-state index in [4.69, 9.17) is 0 Å². The third-order valence-corrected chi connectivity index (χ3v) is 2.15. The summed E-state index contributed by atoms with van der Waals surface area (Å²) in [5.74, 6) is 0. The van der Waals surface area contributed by atoms with E-state index >= 15 is 0 Å². The van der Waals surface area contributed by atoms with Crippen LogP contribution >= 0.6 is 0 Å². The molecule has 1 aromatic rings. The summed E-state index contributed by atoms with van der Waals surface area (Å²) in [5.41, 5.74) is 2.72. The molecule has 0 atom stereocenters. The standard InChI is InChI=1S/C15H14O/c1-3-8-13(4-2)15(11-12-16)14-9-6-5-7-10-14/h3-12H,1-2H2/b13-8+,15-11-. The van der Waals surface area contributed by atoms with Crippen molar-refractivity contribution in [2.75, 3.05) is 0 Å². The van der Waals surface area contributed by atoms with Gasteiger partial charge in [-0.1, -0.05) is 61.7 Å². The van der Waals surface area contributed by atoms with E-state index in [1.54, 1.807) is 12.2 Å². The van der Waals surface area contributed by atoms with Gasteiger partial charge in [0.2, 0.25) is 0 Å². The van der Waals surface area contributed by atoms with Gasteiger partial charge in [0, 0.05) is 0 Å². The average Bonchev–Trinajstić information content (AvgIpc) is 2.35. The van der Waals surface area contributed by atoms with E-state index in [2.05, 4.69) is 13.2 Å². The minimum absolute atomic E-state index is 0.781. The van der Waals surface area contributed by atoms with Crippen molar-refractivity contribution in [2.45, 2.75) is 0 Å². The summed E-state index contributed by atoms with van der Waals surface area (Å²) < 4.78 is 0. The predicted octanol–water partition coefficient (Wildman–Crippen LogP) is 3.57. The monoisotopic (exact) mass is 210 g/mol. The zero-order valence-electron chi connectivity index (χ0n) is 9.10.